The molecule has 3 rings (SSSR count). The van der Waals surface area contributed by atoms with E-state index in [1.54, 1.807) is 12.1 Å². The van der Waals surface area contributed by atoms with Gasteiger partial charge in [0.2, 0.25) is 0 Å². The van der Waals surface area contributed by atoms with Gasteiger partial charge < -0.3 is 4.74 Å². The normalized spacial score (nSPS) is 11.6. The van der Waals surface area contributed by atoms with E-state index in [2.05, 4.69) is 10.4 Å². The van der Waals surface area contributed by atoms with Crippen molar-refractivity contribution in [2.45, 2.75) is 32.5 Å². The minimum absolute atomic E-state index is 0.137. The van der Waals surface area contributed by atoms with Gasteiger partial charge in [-0.05, 0) is 40.6 Å². The number of rotatable bonds is 6. The minimum Gasteiger partial charge on any atom is -0.488 e. The van der Waals surface area contributed by atoms with Gasteiger partial charge in [0.1, 0.15) is 12.4 Å². The van der Waals surface area contributed by atoms with Crippen molar-refractivity contribution in [3.8, 4) is 11.4 Å². The lowest BCUT2D eigenvalue weighted by Crippen LogP contribution is -2.23. The zero-order valence-electron chi connectivity index (χ0n) is 15.4. The number of benzene rings is 2. The second-order valence-electron chi connectivity index (χ2n) is 6.24. The molecule has 0 radical (unpaired) electrons. The fourth-order valence-corrected chi connectivity index (χ4v) is 2.93. The standard InChI is InChI=1S/C19H19F3N4O2/c1-3-7-13-8-6-10-16(26-18(27)25(2)23-24-26)14(13)12-28-17-11-5-4-9-15(17)19(20,21)22/h4-6,8-11H,3,7,12H2,1-2H3. The van der Waals surface area contributed by atoms with Crippen molar-refractivity contribution in [1.29, 1.82) is 0 Å². The van der Waals surface area contributed by atoms with Crippen LogP contribution in [-0.2, 0) is 26.3 Å². The molecule has 0 fully saturated rings. The zero-order chi connectivity index (χ0) is 20.3. The first kappa shape index (κ1) is 19.7. The quantitative estimate of drug-likeness (QED) is 0.644. The van der Waals surface area contributed by atoms with E-state index in [1.807, 2.05) is 13.0 Å². The summed E-state index contributed by atoms with van der Waals surface area (Å²) in [6, 6.07) is 10.4. The van der Waals surface area contributed by atoms with Gasteiger partial charge in [0.25, 0.3) is 0 Å². The van der Waals surface area contributed by atoms with Gasteiger partial charge in [-0.2, -0.15) is 22.5 Å². The molecule has 6 nitrogen and oxygen atoms in total. The van der Waals surface area contributed by atoms with E-state index in [0.717, 1.165) is 27.4 Å². The lowest BCUT2D eigenvalue weighted by Gasteiger charge is -2.17. The molecular formula is C19H19F3N4O2. The Kier molecular flexibility index (Phi) is 5.53. The highest BCUT2D eigenvalue weighted by Gasteiger charge is 2.34. The lowest BCUT2D eigenvalue weighted by atomic mass is 10.0. The summed E-state index contributed by atoms with van der Waals surface area (Å²) in [6.45, 7) is 1.85. The first-order valence-electron chi connectivity index (χ1n) is 8.72. The Morgan fingerprint density at radius 1 is 1.07 bits per heavy atom. The van der Waals surface area contributed by atoms with Crippen LogP contribution in [0.4, 0.5) is 13.2 Å². The molecule has 0 saturated carbocycles. The molecule has 0 aliphatic carbocycles. The summed E-state index contributed by atoms with van der Waals surface area (Å²) in [5, 5.41) is 7.54. The number of halogens is 3. The molecule has 1 heterocycles. The van der Waals surface area contributed by atoms with E-state index in [1.165, 1.54) is 25.2 Å². The fourth-order valence-electron chi connectivity index (χ4n) is 2.93. The summed E-state index contributed by atoms with van der Waals surface area (Å²) in [6.07, 6.45) is -3.02. The van der Waals surface area contributed by atoms with Gasteiger partial charge in [-0.1, -0.05) is 37.6 Å². The molecule has 0 unspecified atom stereocenters. The van der Waals surface area contributed by atoms with E-state index in [0.29, 0.717) is 17.7 Å². The van der Waals surface area contributed by atoms with Crippen LogP contribution in [0.2, 0.25) is 0 Å². The molecule has 2 aromatic carbocycles. The van der Waals surface area contributed by atoms with Crippen LogP contribution < -0.4 is 10.4 Å². The van der Waals surface area contributed by atoms with Crippen molar-refractivity contribution < 1.29 is 17.9 Å². The first-order chi connectivity index (χ1) is 13.3. The van der Waals surface area contributed by atoms with Crippen molar-refractivity contribution in [1.82, 2.24) is 19.8 Å². The van der Waals surface area contributed by atoms with Gasteiger partial charge in [-0.3, -0.25) is 0 Å². The Morgan fingerprint density at radius 3 is 2.46 bits per heavy atom. The molecule has 0 aliphatic rings. The molecule has 0 atom stereocenters. The van der Waals surface area contributed by atoms with E-state index >= 15 is 0 Å². The van der Waals surface area contributed by atoms with Crippen LogP contribution >= 0.6 is 0 Å². The summed E-state index contributed by atoms with van der Waals surface area (Å²) < 4.78 is 47.4. The number of aromatic nitrogens is 4. The molecule has 28 heavy (non-hydrogen) atoms. The van der Waals surface area contributed by atoms with Crippen LogP contribution in [-0.4, -0.2) is 19.8 Å². The molecule has 0 aliphatic heterocycles. The lowest BCUT2D eigenvalue weighted by molar-refractivity contribution is -0.139. The molecule has 0 amide bonds. The Hall–Kier alpha value is -3.10. The smallest absolute Gasteiger partial charge is 0.419 e. The second kappa shape index (κ2) is 7.87. The Balaban J connectivity index is 2.02. The van der Waals surface area contributed by atoms with Crippen LogP contribution in [0.25, 0.3) is 5.69 Å². The van der Waals surface area contributed by atoms with Gasteiger partial charge >= 0.3 is 11.9 Å². The molecule has 148 valence electrons. The number of aryl methyl sites for hydroxylation is 2. The molecule has 0 N–H and O–H groups in total. The maximum atomic E-state index is 13.2. The number of hydrogen-bond acceptors (Lipinski definition) is 4. The van der Waals surface area contributed by atoms with Gasteiger partial charge in [0.15, 0.2) is 0 Å². The largest absolute Gasteiger partial charge is 0.488 e. The number of hydrogen-bond donors (Lipinski definition) is 0. The van der Waals surface area contributed by atoms with E-state index in [-0.39, 0.29) is 12.4 Å². The Morgan fingerprint density at radius 2 is 1.82 bits per heavy atom. The summed E-state index contributed by atoms with van der Waals surface area (Å²) in [4.78, 5) is 12.3. The molecule has 0 saturated heterocycles. The average molecular weight is 392 g/mol. The van der Waals surface area contributed by atoms with E-state index in [9.17, 15) is 18.0 Å². The number of tetrazole rings is 1. The fraction of sp³-hybridized carbons (Fsp3) is 0.316. The summed E-state index contributed by atoms with van der Waals surface area (Å²) in [5.41, 5.74) is 0.617. The maximum Gasteiger partial charge on any atom is 0.419 e. The van der Waals surface area contributed by atoms with Crippen LogP contribution in [0.1, 0.15) is 30.0 Å². The molecule has 3 aromatic rings. The van der Waals surface area contributed by atoms with Crippen molar-refractivity contribution in [3.05, 3.63) is 69.6 Å². The van der Waals surface area contributed by atoms with Crippen LogP contribution in [0.5, 0.6) is 5.75 Å². The number of ether oxygens (including phenoxy) is 1. The monoisotopic (exact) mass is 392 g/mol. The van der Waals surface area contributed by atoms with Gasteiger partial charge in [0.05, 0.1) is 11.3 Å². The second-order valence-corrected chi connectivity index (χ2v) is 6.24. The van der Waals surface area contributed by atoms with Gasteiger partial charge in [-0.25, -0.2) is 4.79 Å². The minimum atomic E-state index is -4.52. The third kappa shape index (κ3) is 3.92. The van der Waals surface area contributed by atoms with Crippen molar-refractivity contribution >= 4 is 0 Å². The SMILES string of the molecule is CCCc1cccc(-n2nnn(C)c2=O)c1COc1ccccc1C(F)(F)F. The van der Waals surface area contributed by atoms with Crippen LogP contribution in [0.15, 0.2) is 47.3 Å². The average Bonchev–Trinajstić information content (AvgIpc) is 2.99. The molecule has 9 heteroatoms. The maximum absolute atomic E-state index is 13.2. The molecule has 0 bridgehead atoms. The Labute approximate surface area is 159 Å². The summed E-state index contributed by atoms with van der Waals surface area (Å²) in [7, 11) is 1.47. The summed E-state index contributed by atoms with van der Waals surface area (Å²) >= 11 is 0. The third-order valence-electron chi connectivity index (χ3n) is 4.28. The van der Waals surface area contributed by atoms with Gasteiger partial charge in [-0.15, -0.1) is 0 Å². The highest BCUT2D eigenvalue weighted by Crippen LogP contribution is 2.36. The van der Waals surface area contributed by atoms with E-state index < -0.39 is 17.4 Å². The summed E-state index contributed by atoms with van der Waals surface area (Å²) in [5.74, 6) is -0.265. The van der Waals surface area contributed by atoms with E-state index in [4.69, 9.17) is 4.74 Å². The zero-order valence-corrected chi connectivity index (χ0v) is 15.4. The molecule has 1 aromatic heterocycles. The predicted molar refractivity (Wildman–Crippen MR) is 96.4 cm³/mol. The highest BCUT2D eigenvalue weighted by molar-refractivity contribution is 5.46. The molecular weight excluding hydrogens is 373 g/mol. The molecule has 0 spiro atoms. The number of nitrogens with zero attached hydrogens (tertiary/aromatic N) is 4. The van der Waals surface area contributed by atoms with Crippen LogP contribution in [0.3, 0.4) is 0 Å². The van der Waals surface area contributed by atoms with Crippen molar-refractivity contribution in [2.24, 2.45) is 7.05 Å². The van der Waals surface area contributed by atoms with Crippen LogP contribution in [0, 0.1) is 0 Å². The third-order valence-corrected chi connectivity index (χ3v) is 4.28. The first-order valence-corrected chi connectivity index (χ1v) is 8.72. The topological polar surface area (TPSA) is 61.9 Å². The van der Waals surface area contributed by atoms with Crippen molar-refractivity contribution in [2.75, 3.05) is 0 Å². The number of para-hydroxylation sites is 1. The van der Waals surface area contributed by atoms with Gasteiger partial charge in [0, 0.05) is 12.6 Å². The number of alkyl halides is 3. The predicted octanol–water partition coefficient (Wildman–Crippen LogP) is 3.52. The Bertz CT molecular complexity index is 1020. The van der Waals surface area contributed by atoms with Crippen molar-refractivity contribution in [3.63, 3.8) is 0 Å². The highest BCUT2D eigenvalue weighted by atomic mass is 19.4.